The summed E-state index contributed by atoms with van der Waals surface area (Å²) in [5.74, 6) is -0.0253. The molecule has 0 aliphatic carbocycles. The van der Waals surface area contributed by atoms with E-state index in [4.69, 9.17) is 9.84 Å². The molecule has 1 heterocycles. The third-order valence-corrected chi connectivity index (χ3v) is 2.85. The van der Waals surface area contributed by atoms with Crippen molar-refractivity contribution in [3.63, 3.8) is 0 Å². The fourth-order valence-corrected chi connectivity index (χ4v) is 1.83. The van der Waals surface area contributed by atoms with Crippen molar-refractivity contribution in [1.29, 1.82) is 0 Å². The number of benzene rings is 1. The van der Waals surface area contributed by atoms with Gasteiger partial charge in [-0.15, -0.1) is 0 Å². The van der Waals surface area contributed by atoms with Crippen LogP contribution in [0.5, 0.6) is 5.75 Å². The van der Waals surface area contributed by atoms with Crippen molar-refractivity contribution in [2.24, 2.45) is 0 Å². The molecule has 0 spiro atoms. The highest BCUT2D eigenvalue weighted by Crippen LogP contribution is 2.40. The van der Waals surface area contributed by atoms with Crippen LogP contribution < -0.4 is 4.74 Å². The Labute approximate surface area is 95.4 Å². The van der Waals surface area contributed by atoms with Crippen LogP contribution >= 0.6 is 0 Å². The van der Waals surface area contributed by atoms with E-state index < -0.39 is 23.9 Å². The van der Waals surface area contributed by atoms with Crippen LogP contribution in [0.4, 0.5) is 13.2 Å². The normalized spacial score (nSPS) is 24.1. The summed E-state index contributed by atoms with van der Waals surface area (Å²) < 4.78 is 42.5. The average molecular weight is 248 g/mol. The zero-order valence-electron chi connectivity index (χ0n) is 8.79. The minimum absolute atomic E-state index is 0.0253. The Morgan fingerprint density at radius 1 is 1.35 bits per heavy atom. The molecule has 0 bridgehead atoms. The second-order valence-corrected chi connectivity index (χ2v) is 4.00. The predicted molar refractivity (Wildman–Crippen MR) is 52.5 cm³/mol. The third kappa shape index (κ3) is 2.10. The molecule has 0 amide bonds. The first-order valence-electron chi connectivity index (χ1n) is 5.04. The van der Waals surface area contributed by atoms with Gasteiger partial charge in [0, 0.05) is 12.0 Å². The van der Waals surface area contributed by atoms with Crippen molar-refractivity contribution >= 4 is 0 Å². The molecule has 1 aliphatic rings. The Bertz CT molecular complexity index is 430. The highest BCUT2D eigenvalue weighted by molar-refractivity contribution is 5.43. The predicted octanol–water partition coefficient (Wildman–Crippen LogP) is 1.67. The molecule has 6 heteroatoms. The van der Waals surface area contributed by atoms with Gasteiger partial charge in [-0.2, -0.15) is 13.2 Å². The molecule has 2 rings (SSSR count). The smallest absolute Gasteiger partial charge is 0.416 e. The lowest BCUT2D eigenvalue weighted by Gasteiger charge is -2.33. The maximum atomic E-state index is 12.5. The number of alkyl halides is 3. The Morgan fingerprint density at radius 3 is 2.65 bits per heavy atom. The second kappa shape index (κ2) is 3.89. The average Bonchev–Trinajstić information content (AvgIpc) is 2.28. The molecule has 1 aromatic carbocycles. The van der Waals surface area contributed by atoms with Gasteiger partial charge in [-0.3, -0.25) is 0 Å². The van der Waals surface area contributed by atoms with Crippen LogP contribution in [0, 0.1) is 0 Å². The summed E-state index contributed by atoms with van der Waals surface area (Å²) in [6, 6.07) is 2.86. The number of aliphatic hydroxyl groups is 2. The van der Waals surface area contributed by atoms with Crippen LogP contribution in [-0.2, 0) is 11.8 Å². The minimum atomic E-state index is -4.45. The van der Waals surface area contributed by atoms with E-state index in [-0.39, 0.29) is 24.3 Å². The second-order valence-electron chi connectivity index (χ2n) is 4.00. The molecular formula is C11H11F3O3. The SMILES string of the molecule is OCC1(O)CCOc2cc(C(F)(F)F)ccc21. The fourth-order valence-electron chi connectivity index (χ4n) is 1.83. The van der Waals surface area contributed by atoms with Crippen molar-refractivity contribution in [3.8, 4) is 5.75 Å². The standard InChI is InChI=1S/C11H11F3O3/c12-11(13,14)7-1-2-8-9(5-7)17-4-3-10(8,16)6-15/h1-2,5,15-16H,3-4,6H2. The van der Waals surface area contributed by atoms with Crippen LogP contribution in [0.25, 0.3) is 0 Å². The van der Waals surface area contributed by atoms with E-state index in [0.717, 1.165) is 18.2 Å². The van der Waals surface area contributed by atoms with Gasteiger partial charge < -0.3 is 14.9 Å². The van der Waals surface area contributed by atoms with Gasteiger partial charge in [0.25, 0.3) is 0 Å². The van der Waals surface area contributed by atoms with Gasteiger partial charge >= 0.3 is 6.18 Å². The zero-order chi connectivity index (χ0) is 12.7. The fraction of sp³-hybridized carbons (Fsp3) is 0.455. The van der Waals surface area contributed by atoms with E-state index in [9.17, 15) is 18.3 Å². The van der Waals surface area contributed by atoms with Gasteiger partial charge in [-0.1, -0.05) is 6.07 Å². The van der Waals surface area contributed by atoms with E-state index in [1.54, 1.807) is 0 Å². The lowest BCUT2D eigenvalue weighted by molar-refractivity contribution is -0.137. The molecule has 17 heavy (non-hydrogen) atoms. The van der Waals surface area contributed by atoms with Crippen LogP contribution in [-0.4, -0.2) is 23.4 Å². The van der Waals surface area contributed by atoms with E-state index in [1.165, 1.54) is 0 Å². The lowest BCUT2D eigenvalue weighted by atomic mass is 9.88. The molecule has 0 saturated carbocycles. The third-order valence-electron chi connectivity index (χ3n) is 2.85. The Kier molecular flexibility index (Phi) is 2.79. The van der Waals surface area contributed by atoms with Gasteiger partial charge in [0.2, 0.25) is 0 Å². The molecule has 1 aliphatic heterocycles. The van der Waals surface area contributed by atoms with Gasteiger partial charge in [0.15, 0.2) is 0 Å². The number of rotatable bonds is 1. The molecule has 0 saturated heterocycles. The van der Waals surface area contributed by atoms with Gasteiger partial charge in [0.1, 0.15) is 11.4 Å². The van der Waals surface area contributed by atoms with Gasteiger partial charge in [-0.25, -0.2) is 0 Å². The maximum absolute atomic E-state index is 12.5. The highest BCUT2D eigenvalue weighted by Gasteiger charge is 2.38. The number of hydrogen-bond donors (Lipinski definition) is 2. The Morgan fingerprint density at radius 2 is 2.06 bits per heavy atom. The first-order valence-corrected chi connectivity index (χ1v) is 5.04. The van der Waals surface area contributed by atoms with Crippen LogP contribution in [0.15, 0.2) is 18.2 Å². The topological polar surface area (TPSA) is 49.7 Å². The number of halogens is 3. The molecule has 0 fully saturated rings. The van der Waals surface area contributed by atoms with Crippen LogP contribution in [0.2, 0.25) is 0 Å². The molecule has 1 aromatic rings. The number of aliphatic hydroxyl groups excluding tert-OH is 1. The van der Waals surface area contributed by atoms with Crippen molar-refractivity contribution in [2.75, 3.05) is 13.2 Å². The number of fused-ring (bicyclic) bond motifs is 1. The lowest BCUT2D eigenvalue weighted by Crippen LogP contribution is -2.36. The highest BCUT2D eigenvalue weighted by atomic mass is 19.4. The quantitative estimate of drug-likeness (QED) is 0.794. The largest absolute Gasteiger partial charge is 0.493 e. The van der Waals surface area contributed by atoms with Crippen molar-refractivity contribution in [2.45, 2.75) is 18.2 Å². The van der Waals surface area contributed by atoms with Gasteiger partial charge in [0.05, 0.1) is 18.8 Å². The maximum Gasteiger partial charge on any atom is 0.416 e. The van der Waals surface area contributed by atoms with Crippen LogP contribution in [0.3, 0.4) is 0 Å². The van der Waals surface area contributed by atoms with Crippen molar-refractivity contribution in [3.05, 3.63) is 29.3 Å². The molecule has 1 atom stereocenters. The van der Waals surface area contributed by atoms with E-state index in [1.807, 2.05) is 0 Å². The summed E-state index contributed by atoms with van der Waals surface area (Å²) in [5.41, 5.74) is -2.16. The summed E-state index contributed by atoms with van der Waals surface area (Å²) >= 11 is 0. The van der Waals surface area contributed by atoms with E-state index >= 15 is 0 Å². The van der Waals surface area contributed by atoms with Gasteiger partial charge in [-0.05, 0) is 12.1 Å². The van der Waals surface area contributed by atoms with Crippen molar-refractivity contribution in [1.82, 2.24) is 0 Å². The minimum Gasteiger partial charge on any atom is -0.493 e. The molecule has 0 radical (unpaired) electrons. The first kappa shape index (κ1) is 12.2. The molecule has 94 valence electrons. The summed E-state index contributed by atoms with van der Waals surface area (Å²) in [6.07, 6.45) is -4.30. The summed E-state index contributed by atoms with van der Waals surface area (Å²) in [5, 5.41) is 19.1. The summed E-state index contributed by atoms with van der Waals surface area (Å²) in [6.45, 7) is -0.472. The molecule has 3 nitrogen and oxygen atoms in total. The Hall–Kier alpha value is -1.27. The summed E-state index contributed by atoms with van der Waals surface area (Å²) in [7, 11) is 0. The molecule has 1 unspecified atom stereocenters. The molecule has 2 N–H and O–H groups in total. The number of hydrogen-bond acceptors (Lipinski definition) is 3. The van der Waals surface area contributed by atoms with E-state index in [2.05, 4.69) is 0 Å². The summed E-state index contributed by atoms with van der Waals surface area (Å²) in [4.78, 5) is 0. The van der Waals surface area contributed by atoms with Crippen LogP contribution in [0.1, 0.15) is 17.5 Å². The first-order chi connectivity index (χ1) is 7.87. The number of ether oxygens (including phenoxy) is 1. The molecular weight excluding hydrogens is 237 g/mol. The Balaban J connectivity index is 2.47. The van der Waals surface area contributed by atoms with E-state index in [0.29, 0.717) is 0 Å². The molecule has 0 aromatic heterocycles. The van der Waals surface area contributed by atoms with Crippen molar-refractivity contribution < 1.29 is 28.1 Å². The zero-order valence-corrected chi connectivity index (χ0v) is 8.79. The monoisotopic (exact) mass is 248 g/mol.